The Morgan fingerprint density at radius 3 is 2.81 bits per heavy atom. The van der Waals surface area contributed by atoms with Crippen molar-refractivity contribution in [1.29, 1.82) is 5.26 Å². The number of nitrogens with one attached hydrogen (secondary N) is 1. The molecule has 1 N–H and O–H groups in total. The van der Waals surface area contributed by atoms with Gasteiger partial charge in [-0.2, -0.15) is 5.26 Å². The van der Waals surface area contributed by atoms with Crippen molar-refractivity contribution >= 4 is 0 Å². The van der Waals surface area contributed by atoms with Crippen LogP contribution >= 0.6 is 0 Å². The lowest BCUT2D eigenvalue weighted by Crippen LogP contribution is -2.30. The summed E-state index contributed by atoms with van der Waals surface area (Å²) in [4.78, 5) is 0. The third-order valence-corrected chi connectivity index (χ3v) is 2.66. The highest BCUT2D eigenvalue weighted by Gasteiger charge is 2.11. The molecular formula is C13H17FN2. The van der Waals surface area contributed by atoms with E-state index in [-0.39, 0.29) is 17.9 Å². The van der Waals surface area contributed by atoms with Crippen LogP contribution in [0.5, 0.6) is 0 Å². The summed E-state index contributed by atoms with van der Waals surface area (Å²) in [5.74, 6) is -0.223. The highest BCUT2D eigenvalue weighted by Crippen LogP contribution is 2.15. The second kappa shape index (κ2) is 6.24. The molecular weight excluding hydrogens is 203 g/mol. The summed E-state index contributed by atoms with van der Waals surface area (Å²) in [5, 5.41) is 12.0. The summed E-state index contributed by atoms with van der Waals surface area (Å²) in [6, 6.07) is 8.93. The van der Waals surface area contributed by atoms with Gasteiger partial charge in [0.15, 0.2) is 0 Å². The van der Waals surface area contributed by atoms with Crippen LogP contribution in [-0.4, -0.2) is 6.04 Å². The fraction of sp³-hybridized carbons (Fsp3) is 0.462. The van der Waals surface area contributed by atoms with E-state index in [0.717, 1.165) is 12.0 Å². The summed E-state index contributed by atoms with van der Waals surface area (Å²) in [5.41, 5.74) is 0.913. The smallest absolute Gasteiger partial charge is 0.123 e. The van der Waals surface area contributed by atoms with Crippen LogP contribution in [0.2, 0.25) is 0 Å². The van der Waals surface area contributed by atoms with Gasteiger partial charge in [0.1, 0.15) is 5.82 Å². The normalized spacial score (nSPS) is 14.1. The molecule has 16 heavy (non-hydrogen) atoms. The van der Waals surface area contributed by atoms with E-state index in [4.69, 9.17) is 5.26 Å². The number of nitrogens with zero attached hydrogens (tertiary/aromatic N) is 1. The molecule has 0 bridgehead atoms. The van der Waals surface area contributed by atoms with Crippen LogP contribution in [0.4, 0.5) is 4.39 Å². The van der Waals surface area contributed by atoms with Gasteiger partial charge < -0.3 is 5.32 Å². The maximum atomic E-state index is 13.0. The molecule has 0 aliphatic rings. The zero-order chi connectivity index (χ0) is 12.0. The number of rotatable bonds is 5. The maximum Gasteiger partial charge on any atom is 0.123 e. The molecule has 0 spiro atoms. The van der Waals surface area contributed by atoms with Crippen LogP contribution in [0.25, 0.3) is 0 Å². The molecule has 0 aliphatic carbocycles. The molecule has 0 amide bonds. The van der Waals surface area contributed by atoms with Crippen LogP contribution in [0.1, 0.15) is 38.3 Å². The van der Waals surface area contributed by atoms with Crippen LogP contribution in [0.3, 0.4) is 0 Å². The lowest BCUT2D eigenvalue weighted by Gasteiger charge is -2.20. The van der Waals surface area contributed by atoms with Crippen molar-refractivity contribution in [1.82, 2.24) is 5.32 Å². The monoisotopic (exact) mass is 220 g/mol. The Balaban J connectivity index is 2.64. The molecule has 1 rings (SSSR count). The first kappa shape index (κ1) is 12.7. The summed E-state index contributed by atoms with van der Waals surface area (Å²) < 4.78 is 13.0. The summed E-state index contributed by atoms with van der Waals surface area (Å²) in [6.07, 6.45) is 1.38. The maximum absolute atomic E-state index is 13.0. The van der Waals surface area contributed by atoms with Gasteiger partial charge in [0.25, 0.3) is 0 Å². The van der Waals surface area contributed by atoms with Gasteiger partial charge in [-0.1, -0.05) is 19.1 Å². The average molecular weight is 220 g/mol. The van der Waals surface area contributed by atoms with Crippen molar-refractivity contribution in [2.75, 3.05) is 0 Å². The van der Waals surface area contributed by atoms with Gasteiger partial charge in [-0.15, -0.1) is 0 Å². The Hall–Kier alpha value is -1.40. The van der Waals surface area contributed by atoms with E-state index in [1.54, 1.807) is 6.07 Å². The van der Waals surface area contributed by atoms with E-state index in [2.05, 4.69) is 11.4 Å². The molecule has 0 heterocycles. The average Bonchev–Trinajstić information content (AvgIpc) is 2.28. The second-order valence-corrected chi connectivity index (χ2v) is 3.91. The van der Waals surface area contributed by atoms with E-state index in [1.807, 2.05) is 19.9 Å². The molecule has 1 aromatic carbocycles. The van der Waals surface area contributed by atoms with Crippen molar-refractivity contribution in [2.24, 2.45) is 0 Å². The van der Waals surface area contributed by atoms with Gasteiger partial charge in [-0.25, -0.2) is 4.39 Å². The first-order chi connectivity index (χ1) is 7.67. The minimum atomic E-state index is -0.223. The highest BCUT2D eigenvalue weighted by molar-refractivity contribution is 5.19. The molecule has 1 unspecified atom stereocenters. The van der Waals surface area contributed by atoms with Gasteiger partial charge in [0, 0.05) is 12.1 Å². The predicted octanol–water partition coefficient (Wildman–Crippen LogP) is 3.17. The van der Waals surface area contributed by atoms with Gasteiger partial charge in [-0.3, -0.25) is 0 Å². The van der Waals surface area contributed by atoms with Crippen LogP contribution in [0.15, 0.2) is 24.3 Å². The van der Waals surface area contributed by atoms with Gasteiger partial charge in [0.2, 0.25) is 0 Å². The number of hydrogen-bond acceptors (Lipinski definition) is 2. The largest absolute Gasteiger partial charge is 0.306 e. The van der Waals surface area contributed by atoms with E-state index in [1.165, 1.54) is 12.1 Å². The minimum Gasteiger partial charge on any atom is -0.306 e. The number of hydrogen-bond donors (Lipinski definition) is 1. The molecule has 86 valence electrons. The quantitative estimate of drug-likeness (QED) is 0.827. The van der Waals surface area contributed by atoms with Gasteiger partial charge in [0.05, 0.1) is 12.5 Å². The number of halogens is 1. The standard InChI is InChI=1S/C13H17FN2/c1-3-13(7-8-15)16-10(2)11-5-4-6-12(14)9-11/h4-6,9-10,13,16H,3,7H2,1-2H3/t10-,13?/m0/s1. The van der Waals surface area contributed by atoms with E-state index in [0.29, 0.717) is 6.42 Å². The lowest BCUT2D eigenvalue weighted by atomic mass is 10.1. The third-order valence-electron chi connectivity index (χ3n) is 2.66. The van der Waals surface area contributed by atoms with Crippen LogP contribution in [-0.2, 0) is 0 Å². The Bertz CT molecular complexity index is 370. The molecule has 2 nitrogen and oxygen atoms in total. The number of benzene rings is 1. The SMILES string of the molecule is CCC(CC#N)N[C@@H](C)c1cccc(F)c1. The van der Waals surface area contributed by atoms with Crippen molar-refractivity contribution < 1.29 is 4.39 Å². The Morgan fingerprint density at radius 1 is 1.50 bits per heavy atom. The molecule has 0 radical (unpaired) electrons. The van der Waals surface area contributed by atoms with Crippen LogP contribution < -0.4 is 5.32 Å². The summed E-state index contributed by atoms with van der Waals surface area (Å²) in [6.45, 7) is 4.02. The molecule has 0 fully saturated rings. The zero-order valence-electron chi connectivity index (χ0n) is 9.70. The predicted molar refractivity (Wildman–Crippen MR) is 62.3 cm³/mol. The third kappa shape index (κ3) is 3.63. The molecule has 3 heteroatoms. The summed E-state index contributed by atoms with van der Waals surface area (Å²) in [7, 11) is 0. The zero-order valence-corrected chi connectivity index (χ0v) is 9.70. The number of nitriles is 1. The van der Waals surface area contributed by atoms with Crippen molar-refractivity contribution in [3.63, 3.8) is 0 Å². The second-order valence-electron chi connectivity index (χ2n) is 3.91. The minimum absolute atomic E-state index is 0.0639. The molecule has 2 atom stereocenters. The highest BCUT2D eigenvalue weighted by atomic mass is 19.1. The van der Waals surface area contributed by atoms with E-state index >= 15 is 0 Å². The Labute approximate surface area is 96.1 Å². The lowest BCUT2D eigenvalue weighted by molar-refractivity contribution is 0.446. The first-order valence-electron chi connectivity index (χ1n) is 5.55. The Kier molecular flexibility index (Phi) is 4.94. The molecule has 0 aliphatic heterocycles. The van der Waals surface area contributed by atoms with Crippen LogP contribution in [0, 0.1) is 17.1 Å². The van der Waals surface area contributed by atoms with Crippen molar-refractivity contribution in [2.45, 2.75) is 38.8 Å². The molecule has 0 saturated carbocycles. The summed E-state index contributed by atoms with van der Waals surface area (Å²) >= 11 is 0. The van der Waals surface area contributed by atoms with E-state index in [9.17, 15) is 4.39 Å². The van der Waals surface area contributed by atoms with E-state index < -0.39 is 0 Å². The molecule has 0 saturated heterocycles. The van der Waals surface area contributed by atoms with Crippen molar-refractivity contribution in [3.05, 3.63) is 35.6 Å². The molecule has 0 aromatic heterocycles. The molecule has 1 aromatic rings. The Morgan fingerprint density at radius 2 is 2.25 bits per heavy atom. The fourth-order valence-electron chi connectivity index (χ4n) is 1.66. The first-order valence-corrected chi connectivity index (χ1v) is 5.55. The van der Waals surface area contributed by atoms with Crippen molar-refractivity contribution in [3.8, 4) is 6.07 Å². The van der Waals surface area contributed by atoms with Gasteiger partial charge in [-0.05, 0) is 31.0 Å². The van der Waals surface area contributed by atoms with Gasteiger partial charge >= 0.3 is 0 Å². The fourth-order valence-corrected chi connectivity index (χ4v) is 1.66. The topological polar surface area (TPSA) is 35.8 Å².